The Morgan fingerprint density at radius 1 is 0.956 bits per heavy atom. The van der Waals surface area contributed by atoms with Crippen LogP contribution in [-0.2, 0) is 31.9 Å². The van der Waals surface area contributed by atoms with Gasteiger partial charge < -0.3 is 10.4 Å². The Labute approximate surface area is 286 Å². The topological polar surface area (TPSA) is 47.2 Å². The zero-order valence-corrected chi connectivity index (χ0v) is 31.0. The van der Waals surface area contributed by atoms with Gasteiger partial charge in [0.25, 0.3) is 0 Å². The van der Waals surface area contributed by atoms with Crippen LogP contribution in [0.5, 0.6) is 0 Å². The maximum atomic E-state index is 10.1. The Morgan fingerprint density at radius 3 is 2.36 bits per heavy atom. The minimum Gasteiger partial charge on any atom is -0.657 e. The van der Waals surface area contributed by atoms with Crippen LogP contribution in [0.3, 0.4) is 0 Å². The van der Waals surface area contributed by atoms with E-state index < -0.39 is 0 Å². The SMILES string of the molecule is CC(C)Cc1cccc2nc3c(cc12)C(C)(C)c1cccc2cc[c-]c-3c12.CCC(CC)C(O)CC(C)[N-]C1CCCCC1.[Ir]. The van der Waals surface area contributed by atoms with Crippen molar-refractivity contribution >= 4 is 21.7 Å². The van der Waals surface area contributed by atoms with Crippen LogP contribution in [-0.4, -0.2) is 28.3 Å². The second kappa shape index (κ2) is 15.7. The molecular formula is C41H54IrN2O-2. The molecule has 4 aromatic rings. The van der Waals surface area contributed by atoms with Crippen LogP contribution < -0.4 is 0 Å². The molecule has 3 aromatic carbocycles. The summed E-state index contributed by atoms with van der Waals surface area (Å²) in [6, 6.07) is 24.2. The van der Waals surface area contributed by atoms with Crippen molar-refractivity contribution in [2.45, 2.75) is 130 Å². The van der Waals surface area contributed by atoms with Crippen LogP contribution in [0.25, 0.3) is 38.2 Å². The average molecular weight is 783 g/mol. The average Bonchev–Trinajstić information content (AvgIpc) is 3.00. The number of aromatic nitrogens is 1. The van der Waals surface area contributed by atoms with Gasteiger partial charge in [0.05, 0.1) is 11.6 Å². The first-order valence-corrected chi connectivity index (χ1v) is 17.4. The Balaban J connectivity index is 0.000000224. The summed E-state index contributed by atoms with van der Waals surface area (Å²) in [5.41, 5.74) is 7.34. The first-order valence-electron chi connectivity index (χ1n) is 17.4. The van der Waals surface area contributed by atoms with E-state index >= 15 is 0 Å². The minimum atomic E-state index is -0.160. The van der Waals surface area contributed by atoms with E-state index in [0.29, 0.717) is 23.9 Å². The summed E-state index contributed by atoms with van der Waals surface area (Å²) in [6.07, 6.45) is 10.5. The van der Waals surface area contributed by atoms with Crippen molar-refractivity contribution in [1.29, 1.82) is 0 Å². The molecule has 0 amide bonds. The maximum Gasteiger partial charge on any atom is 0.0598 e. The molecule has 2 aliphatic carbocycles. The van der Waals surface area contributed by atoms with Crippen molar-refractivity contribution < 1.29 is 25.2 Å². The fraction of sp³-hybridized carbons (Fsp3) is 0.537. The summed E-state index contributed by atoms with van der Waals surface area (Å²) in [4.78, 5) is 5.17. The van der Waals surface area contributed by atoms with Gasteiger partial charge in [0.15, 0.2) is 0 Å². The van der Waals surface area contributed by atoms with Gasteiger partial charge in [-0.3, -0.25) is 4.98 Å². The largest absolute Gasteiger partial charge is 0.657 e. The van der Waals surface area contributed by atoms with Crippen molar-refractivity contribution in [3.8, 4) is 11.3 Å². The number of aliphatic hydroxyl groups is 1. The summed E-state index contributed by atoms with van der Waals surface area (Å²) >= 11 is 0. The Morgan fingerprint density at radius 2 is 1.67 bits per heavy atom. The zero-order valence-electron chi connectivity index (χ0n) is 28.6. The number of nitrogens with zero attached hydrogens (tertiary/aromatic N) is 2. The first-order chi connectivity index (χ1) is 21.1. The van der Waals surface area contributed by atoms with Crippen LogP contribution in [0.2, 0.25) is 0 Å². The fourth-order valence-corrected chi connectivity index (χ4v) is 7.70. The number of rotatable bonds is 9. The van der Waals surface area contributed by atoms with E-state index in [2.05, 4.69) is 103 Å². The van der Waals surface area contributed by atoms with E-state index in [1.165, 1.54) is 65.0 Å². The Kier molecular flexibility index (Phi) is 12.4. The van der Waals surface area contributed by atoms with Gasteiger partial charge in [-0.05, 0) is 42.0 Å². The molecule has 245 valence electrons. The molecule has 0 saturated heterocycles. The third-order valence-corrected chi connectivity index (χ3v) is 10.2. The Hall–Kier alpha value is -2.10. The predicted octanol–water partition coefficient (Wildman–Crippen LogP) is 11.0. The first kappa shape index (κ1) is 35.7. The maximum absolute atomic E-state index is 10.1. The molecule has 0 aliphatic heterocycles. The molecule has 1 radical (unpaired) electrons. The van der Waals surface area contributed by atoms with Crippen molar-refractivity contribution in [3.63, 3.8) is 0 Å². The molecule has 2 unspecified atom stereocenters. The van der Waals surface area contributed by atoms with Gasteiger partial charge in [0.2, 0.25) is 0 Å². The molecule has 1 N–H and O–H groups in total. The van der Waals surface area contributed by atoms with Gasteiger partial charge >= 0.3 is 0 Å². The summed E-state index contributed by atoms with van der Waals surface area (Å²) in [5.74, 6) is 1.08. The van der Waals surface area contributed by atoms with Gasteiger partial charge in [0, 0.05) is 30.9 Å². The van der Waals surface area contributed by atoms with Gasteiger partial charge in [-0.25, -0.2) is 0 Å². The molecule has 1 aromatic heterocycles. The monoisotopic (exact) mass is 783 g/mol. The van der Waals surface area contributed by atoms with E-state index in [1.807, 2.05) is 6.07 Å². The van der Waals surface area contributed by atoms with Crippen molar-refractivity contribution in [2.75, 3.05) is 0 Å². The van der Waals surface area contributed by atoms with Crippen LogP contribution in [0.1, 0.15) is 117 Å². The number of fused-ring (bicyclic) bond motifs is 3. The molecule has 2 atom stereocenters. The third-order valence-electron chi connectivity index (χ3n) is 10.2. The molecular weight excluding hydrogens is 729 g/mol. The molecule has 1 saturated carbocycles. The van der Waals surface area contributed by atoms with E-state index in [-0.39, 0.29) is 31.6 Å². The predicted molar refractivity (Wildman–Crippen MR) is 189 cm³/mol. The summed E-state index contributed by atoms with van der Waals surface area (Å²) < 4.78 is 0. The van der Waals surface area contributed by atoms with E-state index in [9.17, 15) is 5.11 Å². The molecule has 3 nitrogen and oxygen atoms in total. The van der Waals surface area contributed by atoms with Crippen LogP contribution in [0, 0.1) is 17.9 Å². The Bertz CT molecular complexity index is 1550. The normalized spacial score (nSPS) is 17.0. The summed E-state index contributed by atoms with van der Waals surface area (Å²) in [7, 11) is 0. The van der Waals surface area contributed by atoms with E-state index in [0.717, 1.165) is 42.5 Å². The molecule has 45 heavy (non-hydrogen) atoms. The minimum absolute atomic E-state index is 0. The molecule has 0 bridgehead atoms. The number of aliphatic hydroxyl groups excluding tert-OH is 1. The van der Waals surface area contributed by atoms with E-state index in [4.69, 9.17) is 10.3 Å². The van der Waals surface area contributed by atoms with E-state index in [1.54, 1.807) is 0 Å². The second-order valence-corrected chi connectivity index (χ2v) is 14.4. The fourth-order valence-electron chi connectivity index (χ4n) is 7.70. The van der Waals surface area contributed by atoms with Crippen molar-refractivity contribution in [3.05, 3.63) is 82.7 Å². The number of hydrogen-bond donors (Lipinski definition) is 1. The van der Waals surface area contributed by atoms with Crippen LogP contribution in [0.15, 0.2) is 54.6 Å². The zero-order chi connectivity index (χ0) is 31.4. The van der Waals surface area contributed by atoms with Gasteiger partial charge in [-0.1, -0.05) is 146 Å². The van der Waals surface area contributed by atoms with Crippen LogP contribution >= 0.6 is 0 Å². The van der Waals surface area contributed by atoms with Crippen molar-refractivity contribution in [1.82, 2.24) is 4.98 Å². The van der Waals surface area contributed by atoms with Crippen LogP contribution in [0.4, 0.5) is 0 Å². The second-order valence-electron chi connectivity index (χ2n) is 14.4. The summed E-state index contributed by atoms with van der Waals surface area (Å²) in [6.45, 7) is 15.7. The van der Waals surface area contributed by atoms with Gasteiger partial charge in [0.1, 0.15) is 0 Å². The summed E-state index contributed by atoms with van der Waals surface area (Å²) in [5, 5.41) is 18.9. The number of pyridine rings is 1. The third kappa shape index (κ3) is 7.90. The number of benzene rings is 3. The quantitative estimate of drug-likeness (QED) is 0.172. The molecule has 1 heterocycles. The molecule has 4 heteroatoms. The molecule has 6 rings (SSSR count). The molecule has 1 fully saturated rings. The molecule has 2 aliphatic rings. The smallest absolute Gasteiger partial charge is 0.0598 e. The van der Waals surface area contributed by atoms with Gasteiger partial charge in [-0.15, -0.1) is 41.2 Å². The molecule has 0 spiro atoms. The van der Waals surface area contributed by atoms with Gasteiger partial charge in [-0.2, -0.15) is 0 Å². The number of hydrogen-bond acceptors (Lipinski definition) is 2. The standard InChI is InChI=1S/C26H24N.C15H30NO.Ir/c1-16(2)14-18-10-7-13-23-20(18)15-22-25(27-23)19-11-5-8-17-9-6-12-21(24(17)19)26(22,3)4;1-4-13(5-2)15(17)11-12(3)16-14-9-7-6-8-10-14;/h5-10,12-13,15-16H,14H2,1-4H3;12-15,17H,4-11H2,1-3H3;/q2*-1;. The van der Waals surface area contributed by atoms with Crippen molar-refractivity contribution in [2.24, 2.45) is 11.8 Å².